The van der Waals surface area contributed by atoms with E-state index < -0.39 is 5.60 Å². The lowest BCUT2D eigenvalue weighted by Crippen LogP contribution is -2.23. The SMILES string of the molecule is CCc1csc(-c2ccc(C(=O)OC(C)(C)C)cc2)n1. The van der Waals surface area contributed by atoms with E-state index in [9.17, 15) is 4.79 Å². The normalized spacial score (nSPS) is 11.4. The maximum absolute atomic E-state index is 11.9. The van der Waals surface area contributed by atoms with Crippen molar-refractivity contribution >= 4 is 17.3 Å². The summed E-state index contributed by atoms with van der Waals surface area (Å²) < 4.78 is 5.34. The summed E-state index contributed by atoms with van der Waals surface area (Å²) in [5.41, 5.74) is 2.22. The highest BCUT2D eigenvalue weighted by Gasteiger charge is 2.17. The van der Waals surface area contributed by atoms with Crippen molar-refractivity contribution in [1.82, 2.24) is 4.98 Å². The van der Waals surface area contributed by atoms with Crippen LogP contribution in [0.15, 0.2) is 29.6 Å². The Balaban J connectivity index is 2.15. The van der Waals surface area contributed by atoms with Gasteiger partial charge in [0.2, 0.25) is 0 Å². The highest BCUT2D eigenvalue weighted by atomic mass is 32.1. The van der Waals surface area contributed by atoms with E-state index >= 15 is 0 Å². The summed E-state index contributed by atoms with van der Waals surface area (Å²) in [5.74, 6) is -0.294. The van der Waals surface area contributed by atoms with Crippen molar-refractivity contribution in [2.24, 2.45) is 0 Å². The lowest BCUT2D eigenvalue weighted by atomic mass is 10.1. The first-order valence-corrected chi connectivity index (χ1v) is 7.55. The highest BCUT2D eigenvalue weighted by Crippen LogP contribution is 2.24. The molecule has 4 heteroatoms. The molecule has 2 rings (SSSR count). The van der Waals surface area contributed by atoms with Crippen molar-refractivity contribution in [3.63, 3.8) is 0 Å². The summed E-state index contributed by atoms with van der Waals surface area (Å²) in [6.45, 7) is 7.67. The largest absolute Gasteiger partial charge is 0.456 e. The molecule has 0 fully saturated rings. The summed E-state index contributed by atoms with van der Waals surface area (Å²) in [5, 5.41) is 3.05. The summed E-state index contributed by atoms with van der Waals surface area (Å²) >= 11 is 1.62. The third-order valence-corrected chi connectivity index (χ3v) is 3.62. The van der Waals surface area contributed by atoms with Crippen LogP contribution in [0.2, 0.25) is 0 Å². The first kappa shape index (κ1) is 14.7. The molecule has 0 aliphatic heterocycles. The molecular formula is C16H19NO2S. The summed E-state index contributed by atoms with van der Waals surface area (Å²) in [4.78, 5) is 16.5. The average molecular weight is 289 g/mol. The minimum atomic E-state index is -0.471. The number of thiazole rings is 1. The Labute approximate surface area is 123 Å². The second-order valence-electron chi connectivity index (χ2n) is 5.58. The number of hydrogen-bond donors (Lipinski definition) is 0. The number of aromatic nitrogens is 1. The molecule has 0 bridgehead atoms. The lowest BCUT2D eigenvalue weighted by molar-refractivity contribution is 0.00696. The van der Waals surface area contributed by atoms with Crippen LogP contribution in [0.25, 0.3) is 10.6 Å². The van der Waals surface area contributed by atoms with Gasteiger partial charge in [-0.15, -0.1) is 11.3 Å². The second-order valence-corrected chi connectivity index (χ2v) is 6.43. The standard InChI is InChI=1S/C16H19NO2S/c1-5-13-10-20-14(17-13)11-6-8-12(9-7-11)15(18)19-16(2,3)4/h6-10H,5H2,1-4H3. The molecule has 0 spiro atoms. The van der Waals surface area contributed by atoms with E-state index in [1.54, 1.807) is 23.5 Å². The van der Waals surface area contributed by atoms with Gasteiger partial charge in [-0.1, -0.05) is 19.1 Å². The maximum atomic E-state index is 11.9. The predicted octanol–water partition coefficient (Wildman–Crippen LogP) is 4.33. The van der Waals surface area contributed by atoms with Crippen LogP contribution in [-0.4, -0.2) is 16.6 Å². The van der Waals surface area contributed by atoms with Crippen LogP contribution in [0, 0.1) is 0 Å². The van der Waals surface area contributed by atoms with Crippen LogP contribution >= 0.6 is 11.3 Å². The van der Waals surface area contributed by atoms with Gasteiger partial charge >= 0.3 is 5.97 Å². The van der Waals surface area contributed by atoms with Crippen LogP contribution in [0.4, 0.5) is 0 Å². The van der Waals surface area contributed by atoms with Crippen molar-refractivity contribution in [2.45, 2.75) is 39.7 Å². The molecule has 0 saturated carbocycles. The number of nitrogens with zero attached hydrogens (tertiary/aromatic N) is 1. The third-order valence-electron chi connectivity index (χ3n) is 2.68. The van der Waals surface area contributed by atoms with Crippen LogP contribution in [0.3, 0.4) is 0 Å². The molecule has 20 heavy (non-hydrogen) atoms. The minimum Gasteiger partial charge on any atom is -0.456 e. The second kappa shape index (κ2) is 5.75. The molecule has 106 valence electrons. The van der Waals surface area contributed by atoms with Crippen LogP contribution in [0.5, 0.6) is 0 Å². The van der Waals surface area contributed by atoms with Crippen LogP contribution in [0.1, 0.15) is 43.7 Å². The summed E-state index contributed by atoms with van der Waals surface area (Å²) in [6, 6.07) is 7.40. The highest BCUT2D eigenvalue weighted by molar-refractivity contribution is 7.13. The number of carbonyl (C=O) groups excluding carboxylic acids is 1. The van der Waals surface area contributed by atoms with Gasteiger partial charge in [0.1, 0.15) is 10.6 Å². The number of hydrogen-bond acceptors (Lipinski definition) is 4. The van der Waals surface area contributed by atoms with Gasteiger partial charge in [0.05, 0.1) is 11.3 Å². The Bertz CT molecular complexity index is 594. The zero-order valence-corrected chi connectivity index (χ0v) is 13.1. The zero-order chi connectivity index (χ0) is 14.8. The average Bonchev–Trinajstić information content (AvgIpc) is 2.85. The first-order valence-electron chi connectivity index (χ1n) is 6.67. The van der Waals surface area contributed by atoms with Gasteiger partial charge in [0.15, 0.2) is 0 Å². The number of rotatable bonds is 3. The van der Waals surface area contributed by atoms with Crippen LogP contribution < -0.4 is 0 Å². The molecule has 0 unspecified atom stereocenters. The van der Waals surface area contributed by atoms with E-state index in [1.165, 1.54) is 0 Å². The van der Waals surface area contributed by atoms with Gasteiger partial charge in [0, 0.05) is 10.9 Å². The molecule has 0 atom stereocenters. The number of aryl methyl sites for hydroxylation is 1. The van der Waals surface area contributed by atoms with E-state index in [-0.39, 0.29) is 5.97 Å². The molecule has 1 aromatic carbocycles. The summed E-state index contributed by atoms with van der Waals surface area (Å²) in [7, 11) is 0. The van der Waals surface area contributed by atoms with Crippen molar-refractivity contribution in [3.05, 3.63) is 40.9 Å². The minimum absolute atomic E-state index is 0.294. The van der Waals surface area contributed by atoms with Gasteiger partial charge in [-0.2, -0.15) is 0 Å². The van der Waals surface area contributed by atoms with Crippen molar-refractivity contribution in [2.75, 3.05) is 0 Å². The molecule has 0 saturated heterocycles. The maximum Gasteiger partial charge on any atom is 0.338 e. The van der Waals surface area contributed by atoms with Crippen molar-refractivity contribution in [1.29, 1.82) is 0 Å². The molecule has 0 N–H and O–H groups in total. The van der Waals surface area contributed by atoms with E-state index in [4.69, 9.17) is 4.74 Å². The lowest BCUT2D eigenvalue weighted by Gasteiger charge is -2.19. The third kappa shape index (κ3) is 3.67. The van der Waals surface area contributed by atoms with Gasteiger partial charge in [-0.3, -0.25) is 0 Å². The van der Waals surface area contributed by atoms with Gasteiger partial charge in [0.25, 0.3) is 0 Å². The van der Waals surface area contributed by atoms with E-state index in [0.717, 1.165) is 22.7 Å². The molecule has 3 nitrogen and oxygen atoms in total. The topological polar surface area (TPSA) is 39.2 Å². The zero-order valence-electron chi connectivity index (χ0n) is 12.3. The fourth-order valence-electron chi connectivity index (χ4n) is 1.69. The predicted molar refractivity (Wildman–Crippen MR) is 82.1 cm³/mol. The van der Waals surface area contributed by atoms with Gasteiger partial charge in [-0.25, -0.2) is 9.78 Å². The molecular weight excluding hydrogens is 270 g/mol. The summed E-state index contributed by atoms with van der Waals surface area (Å²) in [6.07, 6.45) is 0.937. The Kier molecular flexibility index (Phi) is 4.23. The number of esters is 1. The van der Waals surface area contributed by atoms with Crippen LogP contribution in [-0.2, 0) is 11.2 Å². The van der Waals surface area contributed by atoms with Crippen molar-refractivity contribution in [3.8, 4) is 10.6 Å². The Hall–Kier alpha value is -1.68. The Morgan fingerprint density at radius 3 is 2.40 bits per heavy atom. The quantitative estimate of drug-likeness (QED) is 0.790. The number of benzene rings is 1. The molecule has 2 aromatic rings. The Morgan fingerprint density at radius 1 is 1.25 bits per heavy atom. The van der Waals surface area contributed by atoms with Gasteiger partial charge in [-0.05, 0) is 39.3 Å². The van der Waals surface area contributed by atoms with E-state index in [1.807, 2.05) is 32.9 Å². The fourth-order valence-corrected chi connectivity index (χ4v) is 2.60. The smallest absolute Gasteiger partial charge is 0.338 e. The van der Waals surface area contributed by atoms with Crippen molar-refractivity contribution < 1.29 is 9.53 Å². The molecule has 1 aromatic heterocycles. The fraction of sp³-hybridized carbons (Fsp3) is 0.375. The van der Waals surface area contributed by atoms with E-state index in [2.05, 4.69) is 17.3 Å². The molecule has 0 amide bonds. The Morgan fingerprint density at radius 2 is 1.90 bits per heavy atom. The number of carbonyl (C=O) groups is 1. The molecule has 1 heterocycles. The molecule has 0 aliphatic carbocycles. The van der Waals surface area contributed by atoms with E-state index in [0.29, 0.717) is 5.56 Å². The molecule has 0 radical (unpaired) electrons. The number of ether oxygens (including phenoxy) is 1. The van der Waals surface area contributed by atoms with Gasteiger partial charge < -0.3 is 4.74 Å². The monoisotopic (exact) mass is 289 g/mol. The first-order chi connectivity index (χ1) is 9.39. The molecule has 0 aliphatic rings.